The van der Waals surface area contributed by atoms with E-state index in [0.717, 1.165) is 47.1 Å². The number of hydrogen-bond donors (Lipinski definition) is 1. The summed E-state index contributed by atoms with van der Waals surface area (Å²) in [6.07, 6.45) is 3.59. The molecule has 1 saturated heterocycles. The van der Waals surface area contributed by atoms with Gasteiger partial charge in [0.2, 0.25) is 5.91 Å². The predicted octanol–water partition coefficient (Wildman–Crippen LogP) is 4.19. The van der Waals surface area contributed by atoms with Crippen molar-refractivity contribution in [1.29, 1.82) is 0 Å². The molecular weight excluding hydrogens is 380 g/mol. The van der Waals surface area contributed by atoms with Gasteiger partial charge in [0, 0.05) is 29.1 Å². The van der Waals surface area contributed by atoms with Gasteiger partial charge in [-0.1, -0.05) is 11.6 Å². The Morgan fingerprint density at radius 3 is 3.04 bits per heavy atom. The fourth-order valence-corrected chi connectivity index (χ4v) is 4.72. The molecule has 8 heteroatoms. The highest BCUT2D eigenvalue weighted by Crippen LogP contribution is 2.33. The highest BCUT2D eigenvalue weighted by molar-refractivity contribution is 7.14. The molecule has 1 fully saturated rings. The summed E-state index contributed by atoms with van der Waals surface area (Å²) in [5, 5.41) is 8.36. The summed E-state index contributed by atoms with van der Waals surface area (Å²) in [6.45, 7) is 2.89. The van der Waals surface area contributed by atoms with Crippen molar-refractivity contribution in [1.82, 2.24) is 9.97 Å². The molecule has 3 aromatic rings. The molecule has 2 aromatic heterocycles. The fraction of sp³-hybridized carbons (Fsp3) is 0.316. The molecule has 0 spiro atoms. The number of benzene rings is 1. The van der Waals surface area contributed by atoms with E-state index in [1.807, 2.05) is 35.9 Å². The summed E-state index contributed by atoms with van der Waals surface area (Å²) < 4.78 is 5.45. The van der Waals surface area contributed by atoms with Crippen molar-refractivity contribution in [2.24, 2.45) is 0 Å². The first-order chi connectivity index (χ1) is 13.2. The molecule has 0 bridgehead atoms. The standard InChI is InChI=1S/C19H20N4O2S2/c1-12-5-6-16(25-2)13(10-12)14-11-27-18(21-14)22-17(24)15-4-3-8-23(15)19-20-7-9-26-19/h5-7,9-11,15H,3-4,8H2,1-2H3,(H,21,22,24). The zero-order valence-corrected chi connectivity index (χ0v) is 16.8. The molecule has 27 heavy (non-hydrogen) atoms. The van der Waals surface area contributed by atoms with Crippen LogP contribution in [0.2, 0.25) is 0 Å². The minimum Gasteiger partial charge on any atom is -0.496 e. The van der Waals surface area contributed by atoms with Crippen LogP contribution in [0.4, 0.5) is 10.3 Å². The summed E-state index contributed by atoms with van der Waals surface area (Å²) in [7, 11) is 1.65. The van der Waals surface area contributed by atoms with Crippen molar-refractivity contribution >= 4 is 38.8 Å². The number of aromatic nitrogens is 2. The van der Waals surface area contributed by atoms with Crippen LogP contribution in [0.5, 0.6) is 5.75 Å². The number of rotatable bonds is 5. The second-order valence-electron chi connectivity index (χ2n) is 6.40. The van der Waals surface area contributed by atoms with Crippen molar-refractivity contribution in [2.75, 3.05) is 23.9 Å². The van der Waals surface area contributed by atoms with Crippen LogP contribution < -0.4 is 15.0 Å². The van der Waals surface area contributed by atoms with E-state index in [1.54, 1.807) is 24.6 Å². The maximum atomic E-state index is 12.8. The van der Waals surface area contributed by atoms with Crippen molar-refractivity contribution in [3.63, 3.8) is 0 Å². The van der Waals surface area contributed by atoms with Gasteiger partial charge in [0.05, 0.1) is 12.8 Å². The Hall–Kier alpha value is -2.45. The third kappa shape index (κ3) is 3.68. The van der Waals surface area contributed by atoms with Crippen LogP contribution in [0.15, 0.2) is 35.2 Å². The van der Waals surface area contributed by atoms with E-state index in [1.165, 1.54) is 11.3 Å². The van der Waals surface area contributed by atoms with E-state index < -0.39 is 0 Å². The summed E-state index contributed by atoms with van der Waals surface area (Å²) in [6, 6.07) is 5.79. The topological polar surface area (TPSA) is 67.3 Å². The van der Waals surface area contributed by atoms with Crippen molar-refractivity contribution in [2.45, 2.75) is 25.8 Å². The van der Waals surface area contributed by atoms with Gasteiger partial charge in [-0.3, -0.25) is 4.79 Å². The number of thiazole rings is 2. The SMILES string of the molecule is COc1ccc(C)cc1-c1csc(NC(=O)C2CCCN2c2nccs2)n1. The van der Waals surface area contributed by atoms with E-state index in [9.17, 15) is 4.79 Å². The number of carbonyl (C=O) groups excluding carboxylic acids is 1. The van der Waals surface area contributed by atoms with Gasteiger partial charge in [0.25, 0.3) is 0 Å². The van der Waals surface area contributed by atoms with Crippen LogP contribution in [0.25, 0.3) is 11.3 Å². The maximum Gasteiger partial charge on any atom is 0.248 e. The number of hydrogen-bond acceptors (Lipinski definition) is 7. The Kier molecular flexibility index (Phi) is 5.09. The molecule has 140 valence electrons. The number of nitrogens with zero attached hydrogens (tertiary/aromatic N) is 3. The Bertz CT molecular complexity index is 939. The summed E-state index contributed by atoms with van der Waals surface area (Å²) >= 11 is 2.99. The number of aryl methyl sites for hydroxylation is 1. The van der Waals surface area contributed by atoms with Crippen LogP contribution in [-0.2, 0) is 4.79 Å². The number of ether oxygens (including phenoxy) is 1. The molecule has 1 aliphatic heterocycles. The highest BCUT2D eigenvalue weighted by Gasteiger charge is 2.32. The van der Waals surface area contributed by atoms with Crippen molar-refractivity contribution < 1.29 is 9.53 Å². The molecular formula is C19H20N4O2S2. The zero-order chi connectivity index (χ0) is 18.8. The number of methoxy groups -OCH3 is 1. The molecule has 6 nitrogen and oxygen atoms in total. The van der Waals surface area contributed by atoms with E-state index >= 15 is 0 Å². The van der Waals surface area contributed by atoms with Crippen LogP contribution in [-0.4, -0.2) is 35.6 Å². The number of amides is 1. The van der Waals surface area contributed by atoms with Crippen LogP contribution in [0, 0.1) is 6.92 Å². The Labute approximate surface area is 165 Å². The summed E-state index contributed by atoms with van der Waals surface area (Å²) in [5.74, 6) is 0.745. The van der Waals surface area contributed by atoms with Gasteiger partial charge < -0.3 is 15.0 Å². The van der Waals surface area contributed by atoms with Gasteiger partial charge in [-0.05, 0) is 31.9 Å². The average molecular weight is 401 g/mol. The minimum absolute atomic E-state index is 0.0280. The molecule has 1 atom stereocenters. The summed E-state index contributed by atoms with van der Waals surface area (Å²) in [5.41, 5.74) is 2.87. The molecule has 1 unspecified atom stereocenters. The van der Waals surface area contributed by atoms with Gasteiger partial charge in [0.1, 0.15) is 11.8 Å². The minimum atomic E-state index is -0.197. The zero-order valence-electron chi connectivity index (χ0n) is 15.1. The third-order valence-electron chi connectivity index (χ3n) is 4.59. The van der Waals surface area contributed by atoms with E-state index in [4.69, 9.17) is 4.74 Å². The van der Waals surface area contributed by atoms with Crippen molar-refractivity contribution in [3.05, 3.63) is 40.7 Å². The van der Waals surface area contributed by atoms with Gasteiger partial charge in [-0.2, -0.15) is 0 Å². The van der Waals surface area contributed by atoms with Crippen molar-refractivity contribution in [3.8, 4) is 17.0 Å². The average Bonchev–Trinajstić information content (AvgIpc) is 3.41. The predicted molar refractivity (Wildman–Crippen MR) is 110 cm³/mol. The first-order valence-electron chi connectivity index (χ1n) is 8.73. The lowest BCUT2D eigenvalue weighted by molar-refractivity contribution is -0.117. The van der Waals surface area contributed by atoms with Gasteiger partial charge in [0.15, 0.2) is 10.3 Å². The van der Waals surface area contributed by atoms with E-state index in [-0.39, 0.29) is 11.9 Å². The van der Waals surface area contributed by atoms with Gasteiger partial charge in [-0.15, -0.1) is 22.7 Å². The number of anilines is 2. The molecule has 0 saturated carbocycles. The first-order valence-corrected chi connectivity index (χ1v) is 10.5. The normalized spacial score (nSPS) is 16.5. The van der Waals surface area contributed by atoms with E-state index in [2.05, 4.69) is 20.2 Å². The molecule has 0 radical (unpaired) electrons. The van der Waals surface area contributed by atoms with Crippen LogP contribution in [0.3, 0.4) is 0 Å². The van der Waals surface area contributed by atoms with Gasteiger partial charge >= 0.3 is 0 Å². The second kappa shape index (κ2) is 7.66. The lowest BCUT2D eigenvalue weighted by atomic mass is 10.1. The Balaban J connectivity index is 1.51. The maximum absolute atomic E-state index is 12.8. The number of nitrogens with one attached hydrogen (secondary N) is 1. The first kappa shape index (κ1) is 17.9. The Morgan fingerprint density at radius 2 is 2.26 bits per heavy atom. The van der Waals surface area contributed by atoms with Gasteiger partial charge in [-0.25, -0.2) is 9.97 Å². The molecule has 1 amide bonds. The monoisotopic (exact) mass is 400 g/mol. The molecule has 0 aliphatic carbocycles. The lowest BCUT2D eigenvalue weighted by Gasteiger charge is -2.22. The van der Waals surface area contributed by atoms with Crippen LogP contribution in [0.1, 0.15) is 18.4 Å². The molecule has 3 heterocycles. The highest BCUT2D eigenvalue weighted by atomic mass is 32.1. The number of carbonyl (C=O) groups is 1. The van der Waals surface area contributed by atoms with E-state index in [0.29, 0.717) is 5.13 Å². The second-order valence-corrected chi connectivity index (χ2v) is 8.13. The van der Waals surface area contributed by atoms with Crippen LogP contribution >= 0.6 is 22.7 Å². The summed E-state index contributed by atoms with van der Waals surface area (Å²) in [4.78, 5) is 23.8. The largest absolute Gasteiger partial charge is 0.496 e. The third-order valence-corrected chi connectivity index (χ3v) is 6.15. The molecule has 1 aromatic carbocycles. The Morgan fingerprint density at radius 1 is 1.37 bits per heavy atom. The molecule has 1 N–H and O–H groups in total. The smallest absolute Gasteiger partial charge is 0.248 e. The quantitative estimate of drug-likeness (QED) is 0.695. The molecule has 1 aliphatic rings. The molecule has 4 rings (SSSR count). The lowest BCUT2D eigenvalue weighted by Crippen LogP contribution is -2.39. The fourth-order valence-electron chi connectivity index (χ4n) is 3.29.